The SMILES string of the molecule is CCn1ccnc1.NCc1ccccc1. The van der Waals surface area contributed by atoms with Gasteiger partial charge in [0.25, 0.3) is 0 Å². The summed E-state index contributed by atoms with van der Waals surface area (Å²) in [7, 11) is 0. The van der Waals surface area contributed by atoms with Crippen molar-refractivity contribution in [3.05, 3.63) is 54.6 Å². The summed E-state index contributed by atoms with van der Waals surface area (Å²) >= 11 is 0. The van der Waals surface area contributed by atoms with Gasteiger partial charge in [-0.25, -0.2) is 4.98 Å². The Kier molecular flexibility index (Phi) is 5.19. The number of benzene rings is 1. The maximum Gasteiger partial charge on any atom is 0.0945 e. The molecule has 0 aliphatic carbocycles. The molecule has 0 saturated carbocycles. The highest BCUT2D eigenvalue weighted by molar-refractivity contribution is 5.13. The predicted molar refractivity (Wildman–Crippen MR) is 62.2 cm³/mol. The van der Waals surface area contributed by atoms with Crippen molar-refractivity contribution >= 4 is 0 Å². The summed E-state index contributed by atoms with van der Waals surface area (Å²) in [6, 6.07) is 9.99. The van der Waals surface area contributed by atoms with E-state index in [0.717, 1.165) is 6.54 Å². The second kappa shape index (κ2) is 6.79. The Balaban J connectivity index is 0.000000151. The Morgan fingerprint density at radius 2 is 2.00 bits per heavy atom. The van der Waals surface area contributed by atoms with Crippen LogP contribution in [-0.4, -0.2) is 9.55 Å². The topological polar surface area (TPSA) is 43.8 Å². The van der Waals surface area contributed by atoms with Crippen LogP contribution < -0.4 is 5.73 Å². The van der Waals surface area contributed by atoms with Crippen LogP contribution in [0.3, 0.4) is 0 Å². The van der Waals surface area contributed by atoms with E-state index in [1.165, 1.54) is 5.56 Å². The molecule has 0 aliphatic heterocycles. The summed E-state index contributed by atoms with van der Waals surface area (Å²) in [5.74, 6) is 0. The number of nitrogens with zero attached hydrogens (tertiary/aromatic N) is 2. The Labute approximate surface area is 90.6 Å². The summed E-state index contributed by atoms with van der Waals surface area (Å²) in [4.78, 5) is 3.86. The van der Waals surface area contributed by atoms with E-state index in [1.807, 2.05) is 41.1 Å². The van der Waals surface area contributed by atoms with Crippen molar-refractivity contribution in [1.82, 2.24) is 9.55 Å². The lowest BCUT2D eigenvalue weighted by Gasteiger charge is -1.90. The minimum atomic E-state index is 0.640. The van der Waals surface area contributed by atoms with Crippen LogP contribution in [0.15, 0.2) is 49.1 Å². The van der Waals surface area contributed by atoms with Gasteiger partial charge in [-0.1, -0.05) is 30.3 Å². The van der Waals surface area contributed by atoms with E-state index in [1.54, 1.807) is 12.5 Å². The van der Waals surface area contributed by atoms with Gasteiger partial charge in [-0.15, -0.1) is 0 Å². The van der Waals surface area contributed by atoms with Crippen molar-refractivity contribution in [1.29, 1.82) is 0 Å². The van der Waals surface area contributed by atoms with Crippen molar-refractivity contribution < 1.29 is 0 Å². The van der Waals surface area contributed by atoms with Gasteiger partial charge in [0.1, 0.15) is 0 Å². The standard InChI is InChI=1S/C7H9N.C5H8N2/c8-6-7-4-2-1-3-5-7;1-2-7-4-3-6-5-7/h1-5H,6,8H2;3-5H,2H2,1H3. The maximum absolute atomic E-state index is 5.35. The Hall–Kier alpha value is -1.61. The minimum absolute atomic E-state index is 0.640. The molecule has 0 radical (unpaired) electrons. The zero-order valence-electron chi connectivity index (χ0n) is 9.00. The van der Waals surface area contributed by atoms with E-state index >= 15 is 0 Å². The van der Waals surface area contributed by atoms with E-state index in [0.29, 0.717) is 6.54 Å². The first-order valence-corrected chi connectivity index (χ1v) is 5.06. The molecule has 2 N–H and O–H groups in total. The molecular formula is C12H17N3. The molecule has 80 valence electrons. The Morgan fingerprint density at radius 1 is 1.27 bits per heavy atom. The predicted octanol–water partition coefficient (Wildman–Crippen LogP) is 2.05. The number of aromatic nitrogens is 2. The lowest BCUT2D eigenvalue weighted by Crippen LogP contribution is -1.94. The number of hydrogen-bond donors (Lipinski definition) is 1. The highest BCUT2D eigenvalue weighted by Crippen LogP contribution is 1.94. The molecule has 0 unspecified atom stereocenters. The molecule has 2 rings (SSSR count). The third kappa shape index (κ3) is 4.42. The van der Waals surface area contributed by atoms with Crippen LogP contribution in [-0.2, 0) is 13.1 Å². The third-order valence-corrected chi connectivity index (χ3v) is 2.00. The lowest BCUT2D eigenvalue weighted by molar-refractivity contribution is 0.761. The van der Waals surface area contributed by atoms with Crippen molar-refractivity contribution in [3.63, 3.8) is 0 Å². The van der Waals surface area contributed by atoms with E-state index in [-0.39, 0.29) is 0 Å². The van der Waals surface area contributed by atoms with Gasteiger partial charge in [0.05, 0.1) is 6.33 Å². The molecule has 0 spiro atoms. The van der Waals surface area contributed by atoms with Crippen LogP contribution in [0.25, 0.3) is 0 Å². The van der Waals surface area contributed by atoms with Gasteiger partial charge >= 0.3 is 0 Å². The number of imidazole rings is 1. The molecule has 0 saturated heterocycles. The van der Waals surface area contributed by atoms with Gasteiger partial charge in [-0.2, -0.15) is 0 Å². The van der Waals surface area contributed by atoms with Crippen LogP contribution in [0.5, 0.6) is 0 Å². The van der Waals surface area contributed by atoms with Gasteiger partial charge in [-0.05, 0) is 12.5 Å². The van der Waals surface area contributed by atoms with E-state index in [4.69, 9.17) is 5.73 Å². The van der Waals surface area contributed by atoms with Gasteiger partial charge in [-0.3, -0.25) is 0 Å². The Morgan fingerprint density at radius 3 is 2.33 bits per heavy atom. The molecule has 1 heterocycles. The normalized spacial score (nSPS) is 9.20. The summed E-state index contributed by atoms with van der Waals surface area (Å²) < 4.78 is 2.01. The highest BCUT2D eigenvalue weighted by Gasteiger charge is 1.80. The summed E-state index contributed by atoms with van der Waals surface area (Å²) in [6.45, 7) is 3.74. The van der Waals surface area contributed by atoms with Crippen LogP contribution in [0.4, 0.5) is 0 Å². The van der Waals surface area contributed by atoms with Crippen LogP contribution in [0, 0.1) is 0 Å². The van der Waals surface area contributed by atoms with Gasteiger partial charge < -0.3 is 10.3 Å². The fraction of sp³-hybridized carbons (Fsp3) is 0.250. The van der Waals surface area contributed by atoms with E-state index < -0.39 is 0 Å². The second-order valence-corrected chi connectivity index (χ2v) is 3.08. The lowest BCUT2D eigenvalue weighted by atomic mass is 10.2. The molecule has 3 nitrogen and oxygen atoms in total. The molecule has 0 bridgehead atoms. The monoisotopic (exact) mass is 203 g/mol. The number of aryl methyl sites for hydroxylation is 1. The van der Waals surface area contributed by atoms with Crippen molar-refractivity contribution in [3.8, 4) is 0 Å². The summed E-state index contributed by atoms with van der Waals surface area (Å²) in [5, 5.41) is 0. The smallest absolute Gasteiger partial charge is 0.0945 e. The quantitative estimate of drug-likeness (QED) is 0.811. The van der Waals surface area contributed by atoms with Crippen molar-refractivity contribution in [2.24, 2.45) is 5.73 Å². The summed E-state index contributed by atoms with van der Waals surface area (Å²) in [5.41, 5.74) is 6.54. The van der Waals surface area contributed by atoms with Gasteiger partial charge in [0, 0.05) is 25.5 Å². The first-order chi connectivity index (χ1) is 7.36. The molecule has 3 heteroatoms. The average molecular weight is 203 g/mol. The molecule has 0 fully saturated rings. The summed E-state index contributed by atoms with van der Waals surface area (Å²) in [6.07, 6.45) is 5.53. The number of hydrogen-bond acceptors (Lipinski definition) is 2. The zero-order chi connectivity index (χ0) is 10.9. The minimum Gasteiger partial charge on any atom is -0.338 e. The van der Waals surface area contributed by atoms with E-state index in [2.05, 4.69) is 11.9 Å². The third-order valence-electron chi connectivity index (χ3n) is 2.00. The Bertz CT molecular complexity index is 340. The van der Waals surface area contributed by atoms with Crippen LogP contribution in [0.1, 0.15) is 12.5 Å². The fourth-order valence-electron chi connectivity index (χ4n) is 1.09. The first-order valence-electron chi connectivity index (χ1n) is 5.06. The molecule has 1 aromatic carbocycles. The average Bonchev–Trinajstić information content (AvgIpc) is 2.84. The molecule has 0 amide bonds. The molecule has 15 heavy (non-hydrogen) atoms. The van der Waals surface area contributed by atoms with Crippen LogP contribution in [0.2, 0.25) is 0 Å². The van der Waals surface area contributed by atoms with Crippen LogP contribution >= 0.6 is 0 Å². The molecular weight excluding hydrogens is 186 g/mol. The number of nitrogens with two attached hydrogens (primary N) is 1. The largest absolute Gasteiger partial charge is 0.338 e. The van der Waals surface area contributed by atoms with Gasteiger partial charge in [0.2, 0.25) is 0 Å². The van der Waals surface area contributed by atoms with Crippen molar-refractivity contribution in [2.45, 2.75) is 20.0 Å². The zero-order valence-corrected chi connectivity index (χ0v) is 9.00. The van der Waals surface area contributed by atoms with Crippen molar-refractivity contribution in [2.75, 3.05) is 0 Å². The fourth-order valence-corrected chi connectivity index (χ4v) is 1.09. The molecule has 2 aromatic rings. The maximum atomic E-state index is 5.35. The molecule has 0 aliphatic rings. The highest BCUT2D eigenvalue weighted by atomic mass is 15.0. The van der Waals surface area contributed by atoms with E-state index in [9.17, 15) is 0 Å². The first kappa shape index (κ1) is 11.5. The van der Waals surface area contributed by atoms with Gasteiger partial charge in [0.15, 0.2) is 0 Å². The second-order valence-electron chi connectivity index (χ2n) is 3.08. The molecule has 1 aromatic heterocycles. The number of rotatable bonds is 2. The molecule has 0 atom stereocenters.